The van der Waals surface area contributed by atoms with Crippen molar-refractivity contribution in [3.8, 4) is 11.5 Å². The standard InChI is InChI=1S/C14H19NO3/c1-17-11-7-8-12(13(9-11)18-2)14(16)15-10-5-3-4-6-10/h7-10H,3-6H2,1-2H3,(H,15,16). The van der Waals surface area contributed by atoms with Gasteiger partial charge in [0.25, 0.3) is 5.91 Å². The van der Waals surface area contributed by atoms with E-state index in [-0.39, 0.29) is 5.91 Å². The van der Waals surface area contributed by atoms with Gasteiger partial charge in [0, 0.05) is 12.1 Å². The molecule has 0 aliphatic heterocycles. The van der Waals surface area contributed by atoms with Crippen LogP contribution in [0.4, 0.5) is 0 Å². The molecular formula is C14H19NO3. The van der Waals surface area contributed by atoms with Crippen molar-refractivity contribution in [3.05, 3.63) is 23.8 Å². The summed E-state index contributed by atoms with van der Waals surface area (Å²) < 4.78 is 10.3. The molecule has 2 rings (SSSR count). The van der Waals surface area contributed by atoms with E-state index in [9.17, 15) is 4.79 Å². The van der Waals surface area contributed by atoms with Crippen molar-refractivity contribution in [2.45, 2.75) is 31.7 Å². The van der Waals surface area contributed by atoms with Crippen molar-refractivity contribution in [2.75, 3.05) is 14.2 Å². The summed E-state index contributed by atoms with van der Waals surface area (Å²) in [5, 5.41) is 3.05. The predicted octanol–water partition coefficient (Wildman–Crippen LogP) is 2.38. The minimum atomic E-state index is -0.0681. The molecule has 1 aliphatic carbocycles. The van der Waals surface area contributed by atoms with E-state index in [2.05, 4.69) is 5.32 Å². The van der Waals surface area contributed by atoms with Gasteiger partial charge in [-0.15, -0.1) is 0 Å². The van der Waals surface area contributed by atoms with Crippen molar-refractivity contribution in [1.29, 1.82) is 0 Å². The van der Waals surface area contributed by atoms with E-state index in [1.807, 2.05) is 0 Å². The van der Waals surface area contributed by atoms with Gasteiger partial charge in [0.05, 0.1) is 19.8 Å². The number of carbonyl (C=O) groups is 1. The lowest BCUT2D eigenvalue weighted by atomic mass is 10.1. The molecule has 98 valence electrons. The molecule has 4 nitrogen and oxygen atoms in total. The SMILES string of the molecule is COc1ccc(C(=O)NC2CCCC2)c(OC)c1. The summed E-state index contributed by atoms with van der Waals surface area (Å²) in [6.07, 6.45) is 4.55. The van der Waals surface area contributed by atoms with Gasteiger partial charge in [-0.1, -0.05) is 12.8 Å². The highest BCUT2D eigenvalue weighted by Gasteiger charge is 2.20. The number of hydrogen-bond donors (Lipinski definition) is 1. The van der Waals surface area contributed by atoms with Gasteiger partial charge < -0.3 is 14.8 Å². The van der Waals surface area contributed by atoms with Crippen molar-refractivity contribution < 1.29 is 14.3 Å². The van der Waals surface area contributed by atoms with Crippen molar-refractivity contribution in [3.63, 3.8) is 0 Å². The maximum Gasteiger partial charge on any atom is 0.255 e. The second-order valence-electron chi connectivity index (χ2n) is 4.52. The molecule has 4 heteroatoms. The molecule has 1 aromatic carbocycles. The molecular weight excluding hydrogens is 230 g/mol. The topological polar surface area (TPSA) is 47.6 Å². The van der Waals surface area contributed by atoms with Crippen LogP contribution in [0.15, 0.2) is 18.2 Å². The summed E-state index contributed by atoms with van der Waals surface area (Å²) >= 11 is 0. The summed E-state index contributed by atoms with van der Waals surface area (Å²) in [5.41, 5.74) is 0.560. The van der Waals surface area contributed by atoms with Gasteiger partial charge in [-0.3, -0.25) is 4.79 Å². The van der Waals surface area contributed by atoms with Crippen LogP contribution in [0.2, 0.25) is 0 Å². The normalized spacial score (nSPS) is 15.4. The smallest absolute Gasteiger partial charge is 0.255 e. The van der Waals surface area contributed by atoms with Crippen LogP contribution in [0.25, 0.3) is 0 Å². The molecule has 0 bridgehead atoms. The highest BCUT2D eigenvalue weighted by atomic mass is 16.5. The number of amides is 1. The number of ether oxygens (including phenoxy) is 2. The zero-order valence-electron chi connectivity index (χ0n) is 10.9. The van der Waals surface area contributed by atoms with E-state index in [0.717, 1.165) is 12.8 Å². The Hall–Kier alpha value is -1.71. The first kappa shape index (κ1) is 12.7. The Kier molecular flexibility index (Phi) is 4.07. The molecule has 0 radical (unpaired) electrons. The summed E-state index contributed by atoms with van der Waals surface area (Å²) in [6.45, 7) is 0. The van der Waals surface area contributed by atoms with E-state index in [1.165, 1.54) is 12.8 Å². The van der Waals surface area contributed by atoms with E-state index in [1.54, 1.807) is 32.4 Å². The summed E-state index contributed by atoms with van der Waals surface area (Å²) in [7, 11) is 3.15. The maximum atomic E-state index is 12.1. The quantitative estimate of drug-likeness (QED) is 0.891. The first-order chi connectivity index (χ1) is 8.74. The summed E-state index contributed by atoms with van der Waals surface area (Å²) in [4.78, 5) is 12.1. The molecule has 0 heterocycles. The fourth-order valence-corrected chi connectivity index (χ4v) is 2.32. The second kappa shape index (κ2) is 5.76. The zero-order valence-corrected chi connectivity index (χ0v) is 10.9. The van der Waals surface area contributed by atoms with Crippen LogP contribution < -0.4 is 14.8 Å². The lowest BCUT2D eigenvalue weighted by Gasteiger charge is -2.14. The van der Waals surface area contributed by atoms with Gasteiger partial charge >= 0.3 is 0 Å². The Morgan fingerprint density at radius 1 is 1.22 bits per heavy atom. The fourth-order valence-electron chi connectivity index (χ4n) is 2.32. The van der Waals surface area contributed by atoms with Gasteiger partial charge in [-0.2, -0.15) is 0 Å². The molecule has 1 saturated carbocycles. The Labute approximate surface area is 107 Å². The molecule has 0 aromatic heterocycles. The lowest BCUT2D eigenvalue weighted by molar-refractivity contribution is 0.0935. The number of hydrogen-bond acceptors (Lipinski definition) is 3. The lowest BCUT2D eigenvalue weighted by Crippen LogP contribution is -2.32. The van der Waals surface area contributed by atoms with Crippen LogP contribution in [-0.2, 0) is 0 Å². The number of rotatable bonds is 4. The third kappa shape index (κ3) is 2.75. The first-order valence-corrected chi connectivity index (χ1v) is 6.27. The first-order valence-electron chi connectivity index (χ1n) is 6.27. The third-order valence-corrected chi connectivity index (χ3v) is 3.34. The van der Waals surface area contributed by atoms with E-state index >= 15 is 0 Å². The van der Waals surface area contributed by atoms with Gasteiger partial charge in [0.2, 0.25) is 0 Å². The number of carbonyl (C=O) groups excluding carboxylic acids is 1. The molecule has 1 aliphatic rings. The van der Waals surface area contributed by atoms with Crippen LogP contribution in [0.3, 0.4) is 0 Å². The summed E-state index contributed by atoms with van der Waals surface area (Å²) in [6, 6.07) is 5.54. The molecule has 1 amide bonds. The molecule has 1 N–H and O–H groups in total. The van der Waals surface area contributed by atoms with Gasteiger partial charge in [0.1, 0.15) is 11.5 Å². The van der Waals surface area contributed by atoms with Crippen LogP contribution in [0.5, 0.6) is 11.5 Å². The molecule has 1 fully saturated rings. The second-order valence-corrected chi connectivity index (χ2v) is 4.52. The Bertz CT molecular complexity index is 425. The van der Waals surface area contributed by atoms with Gasteiger partial charge in [-0.05, 0) is 25.0 Å². The van der Waals surface area contributed by atoms with Crippen molar-refractivity contribution >= 4 is 5.91 Å². The highest BCUT2D eigenvalue weighted by molar-refractivity contribution is 5.97. The molecule has 0 saturated heterocycles. The fraction of sp³-hybridized carbons (Fsp3) is 0.500. The van der Waals surface area contributed by atoms with Gasteiger partial charge in [0.15, 0.2) is 0 Å². The van der Waals surface area contributed by atoms with Gasteiger partial charge in [-0.25, -0.2) is 0 Å². The molecule has 18 heavy (non-hydrogen) atoms. The van der Waals surface area contributed by atoms with E-state index in [4.69, 9.17) is 9.47 Å². The molecule has 0 atom stereocenters. The average molecular weight is 249 g/mol. The largest absolute Gasteiger partial charge is 0.497 e. The Morgan fingerprint density at radius 3 is 2.56 bits per heavy atom. The third-order valence-electron chi connectivity index (χ3n) is 3.34. The molecule has 0 spiro atoms. The highest BCUT2D eigenvalue weighted by Crippen LogP contribution is 2.25. The molecule has 1 aromatic rings. The Morgan fingerprint density at radius 2 is 1.94 bits per heavy atom. The maximum absolute atomic E-state index is 12.1. The van der Waals surface area contributed by atoms with Crippen LogP contribution in [0.1, 0.15) is 36.0 Å². The predicted molar refractivity (Wildman–Crippen MR) is 69.3 cm³/mol. The van der Waals surface area contributed by atoms with Crippen LogP contribution in [-0.4, -0.2) is 26.2 Å². The summed E-state index contributed by atoms with van der Waals surface area (Å²) in [5.74, 6) is 1.16. The van der Waals surface area contributed by atoms with Crippen LogP contribution in [0, 0.1) is 0 Å². The van der Waals surface area contributed by atoms with E-state index < -0.39 is 0 Å². The number of benzene rings is 1. The minimum Gasteiger partial charge on any atom is -0.497 e. The minimum absolute atomic E-state index is 0.0681. The monoisotopic (exact) mass is 249 g/mol. The van der Waals surface area contributed by atoms with E-state index in [0.29, 0.717) is 23.1 Å². The zero-order chi connectivity index (χ0) is 13.0. The number of nitrogens with one attached hydrogen (secondary N) is 1. The van der Waals surface area contributed by atoms with Crippen molar-refractivity contribution in [2.24, 2.45) is 0 Å². The van der Waals surface area contributed by atoms with Crippen LogP contribution >= 0.6 is 0 Å². The Balaban J connectivity index is 2.13. The molecule has 0 unspecified atom stereocenters. The average Bonchev–Trinajstić information content (AvgIpc) is 2.90. The number of methoxy groups -OCH3 is 2. The van der Waals surface area contributed by atoms with Crippen molar-refractivity contribution in [1.82, 2.24) is 5.32 Å².